The van der Waals surface area contributed by atoms with Crippen molar-refractivity contribution in [1.29, 1.82) is 0 Å². The molecule has 3 aromatic rings. The van der Waals surface area contributed by atoms with Crippen LogP contribution in [0.2, 0.25) is 0 Å². The molecule has 0 heterocycles. The molecule has 0 atom stereocenters. The maximum atomic E-state index is 11.5. The van der Waals surface area contributed by atoms with E-state index in [1.807, 2.05) is 43.3 Å². The fourth-order valence-electron chi connectivity index (χ4n) is 3.55. The Morgan fingerprint density at radius 3 is 1.84 bits per heavy atom. The van der Waals surface area contributed by atoms with Crippen LogP contribution >= 0.6 is 0 Å². The van der Waals surface area contributed by atoms with Crippen LogP contribution in [0.15, 0.2) is 89.9 Å². The summed E-state index contributed by atoms with van der Waals surface area (Å²) in [7, 11) is -3.03. The minimum atomic E-state index is -3.03. The fourth-order valence-corrected chi connectivity index (χ4v) is 4.35. The number of rotatable bonds is 9. The van der Waals surface area contributed by atoms with E-state index < -0.39 is 9.84 Å². The summed E-state index contributed by atoms with van der Waals surface area (Å²) in [6.45, 7) is 4.03. The minimum Gasteiger partial charge on any atom is -0.357 e. The standard InChI is InChI=1S/C26H31N3O2S/c1-3-27-26(28-18-21-14-16-22(17-15-21)20-32(2,30)31)29-19-25(23-10-6-4-7-11-23)24-12-8-5-9-13-24/h4-17,25H,3,18-20H2,1-2H3,(H2,27,28,29). The van der Waals surface area contributed by atoms with Crippen molar-refractivity contribution in [2.24, 2.45) is 4.99 Å². The Balaban J connectivity index is 1.70. The Morgan fingerprint density at radius 1 is 0.812 bits per heavy atom. The summed E-state index contributed by atoms with van der Waals surface area (Å²) in [6.07, 6.45) is 1.25. The van der Waals surface area contributed by atoms with Gasteiger partial charge in [0.15, 0.2) is 15.8 Å². The molecule has 0 aliphatic rings. The number of guanidine groups is 1. The molecule has 0 fully saturated rings. The van der Waals surface area contributed by atoms with Gasteiger partial charge in [-0.25, -0.2) is 13.4 Å². The molecule has 0 radical (unpaired) electrons. The first-order chi connectivity index (χ1) is 15.4. The summed E-state index contributed by atoms with van der Waals surface area (Å²) >= 11 is 0. The summed E-state index contributed by atoms with van der Waals surface area (Å²) in [5.74, 6) is 1.02. The number of benzene rings is 3. The van der Waals surface area contributed by atoms with Gasteiger partial charge in [0.05, 0.1) is 12.3 Å². The van der Waals surface area contributed by atoms with Gasteiger partial charge < -0.3 is 10.6 Å². The molecule has 3 aromatic carbocycles. The third kappa shape index (κ3) is 7.54. The van der Waals surface area contributed by atoms with Gasteiger partial charge in [-0.2, -0.15) is 0 Å². The second-order valence-corrected chi connectivity index (χ2v) is 9.98. The van der Waals surface area contributed by atoms with E-state index in [-0.39, 0.29) is 11.7 Å². The molecule has 0 saturated carbocycles. The zero-order valence-corrected chi connectivity index (χ0v) is 19.5. The van der Waals surface area contributed by atoms with E-state index in [4.69, 9.17) is 4.99 Å². The Hall–Kier alpha value is -3.12. The number of sulfone groups is 1. The minimum absolute atomic E-state index is 0.0567. The van der Waals surface area contributed by atoms with Crippen molar-refractivity contribution in [2.45, 2.75) is 25.1 Å². The van der Waals surface area contributed by atoms with E-state index >= 15 is 0 Å². The zero-order chi connectivity index (χ0) is 22.8. The van der Waals surface area contributed by atoms with Crippen LogP contribution in [0, 0.1) is 0 Å². The normalized spacial score (nSPS) is 12.0. The Kier molecular flexibility index (Phi) is 8.45. The largest absolute Gasteiger partial charge is 0.357 e. The molecule has 3 rings (SSSR count). The van der Waals surface area contributed by atoms with E-state index in [2.05, 4.69) is 59.2 Å². The van der Waals surface area contributed by atoms with Gasteiger partial charge in [-0.3, -0.25) is 0 Å². The molecular formula is C26H31N3O2S. The van der Waals surface area contributed by atoms with Crippen molar-refractivity contribution >= 4 is 15.8 Å². The number of hydrogen-bond acceptors (Lipinski definition) is 3. The van der Waals surface area contributed by atoms with Gasteiger partial charge in [-0.1, -0.05) is 84.9 Å². The van der Waals surface area contributed by atoms with Gasteiger partial charge in [0, 0.05) is 25.3 Å². The topological polar surface area (TPSA) is 70.6 Å². The van der Waals surface area contributed by atoms with Gasteiger partial charge >= 0.3 is 0 Å². The monoisotopic (exact) mass is 449 g/mol. The van der Waals surface area contributed by atoms with Crippen molar-refractivity contribution in [3.8, 4) is 0 Å². The van der Waals surface area contributed by atoms with E-state index in [1.54, 1.807) is 0 Å². The van der Waals surface area contributed by atoms with Crippen LogP contribution in [0.25, 0.3) is 0 Å². The van der Waals surface area contributed by atoms with Crippen LogP contribution in [0.3, 0.4) is 0 Å². The Morgan fingerprint density at radius 2 is 1.34 bits per heavy atom. The van der Waals surface area contributed by atoms with E-state index in [9.17, 15) is 8.42 Å². The predicted octanol–water partition coefficient (Wildman–Crippen LogP) is 4.12. The van der Waals surface area contributed by atoms with Gasteiger partial charge in [-0.15, -0.1) is 0 Å². The van der Waals surface area contributed by atoms with E-state index in [1.165, 1.54) is 17.4 Å². The molecule has 0 amide bonds. The average Bonchev–Trinajstić information content (AvgIpc) is 2.79. The summed E-state index contributed by atoms with van der Waals surface area (Å²) in [5.41, 5.74) is 4.33. The van der Waals surface area contributed by atoms with E-state index in [0.29, 0.717) is 13.1 Å². The first-order valence-corrected chi connectivity index (χ1v) is 12.9. The lowest BCUT2D eigenvalue weighted by Gasteiger charge is -2.20. The van der Waals surface area contributed by atoms with Gasteiger partial charge in [-0.05, 0) is 29.2 Å². The van der Waals surface area contributed by atoms with Gasteiger partial charge in [0.2, 0.25) is 0 Å². The molecule has 32 heavy (non-hydrogen) atoms. The molecule has 0 spiro atoms. The van der Waals surface area contributed by atoms with Gasteiger partial charge in [0.25, 0.3) is 0 Å². The molecule has 0 bridgehead atoms. The second-order valence-electron chi connectivity index (χ2n) is 7.84. The van der Waals surface area contributed by atoms with Crippen LogP contribution in [0.1, 0.15) is 35.1 Å². The molecule has 168 valence electrons. The zero-order valence-electron chi connectivity index (χ0n) is 18.7. The van der Waals surface area contributed by atoms with Crippen LogP contribution in [-0.2, 0) is 22.1 Å². The first kappa shape index (κ1) is 23.5. The Bertz CT molecular complexity index is 1060. The highest BCUT2D eigenvalue weighted by atomic mass is 32.2. The average molecular weight is 450 g/mol. The number of nitrogens with one attached hydrogen (secondary N) is 2. The van der Waals surface area contributed by atoms with Gasteiger partial charge in [0.1, 0.15) is 0 Å². The van der Waals surface area contributed by atoms with Crippen molar-refractivity contribution < 1.29 is 8.42 Å². The first-order valence-electron chi connectivity index (χ1n) is 10.8. The highest BCUT2D eigenvalue weighted by molar-refractivity contribution is 7.89. The lowest BCUT2D eigenvalue weighted by molar-refractivity contribution is 0.601. The highest BCUT2D eigenvalue weighted by Crippen LogP contribution is 2.23. The molecule has 0 aliphatic carbocycles. The summed E-state index contributed by atoms with van der Waals surface area (Å²) in [5, 5.41) is 6.80. The molecule has 5 nitrogen and oxygen atoms in total. The maximum Gasteiger partial charge on any atom is 0.191 e. The summed E-state index contributed by atoms with van der Waals surface area (Å²) in [6, 6.07) is 28.5. The third-order valence-electron chi connectivity index (χ3n) is 5.09. The number of aliphatic imine (C=N–C) groups is 1. The molecule has 2 N–H and O–H groups in total. The van der Waals surface area contributed by atoms with Crippen LogP contribution < -0.4 is 10.6 Å². The molecular weight excluding hydrogens is 418 g/mol. The molecule has 0 saturated heterocycles. The molecule has 0 aromatic heterocycles. The van der Waals surface area contributed by atoms with Crippen LogP contribution in [-0.4, -0.2) is 33.7 Å². The predicted molar refractivity (Wildman–Crippen MR) is 133 cm³/mol. The van der Waals surface area contributed by atoms with Crippen molar-refractivity contribution in [3.05, 3.63) is 107 Å². The fraction of sp³-hybridized carbons (Fsp3) is 0.269. The van der Waals surface area contributed by atoms with Crippen molar-refractivity contribution in [1.82, 2.24) is 10.6 Å². The smallest absolute Gasteiger partial charge is 0.191 e. The highest BCUT2D eigenvalue weighted by Gasteiger charge is 2.14. The molecule has 0 aliphatic heterocycles. The lowest BCUT2D eigenvalue weighted by atomic mass is 9.91. The second kappa shape index (κ2) is 11.5. The molecule has 0 unspecified atom stereocenters. The van der Waals surface area contributed by atoms with Crippen LogP contribution in [0.4, 0.5) is 0 Å². The van der Waals surface area contributed by atoms with Crippen molar-refractivity contribution in [3.63, 3.8) is 0 Å². The summed E-state index contributed by atoms with van der Waals surface area (Å²) < 4.78 is 22.9. The SMILES string of the molecule is CCNC(=NCc1ccc(CS(C)(=O)=O)cc1)NCC(c1ccccc1)c1ccccc1. The third-order valence-corrected chi connectivity index (χ3v) is 5.95. The van der Waals surface area contributed by atoms with Crippen molar-refractivity contribution in [2.75, 3.05) is 19.3 Å². The summed E-state index contributed by atoms with van der Waals surface area (Å²) in [4.78, 5) is 4.72. The van der Waals surface area contributed by atoms with E-state index in [0.717, 1.165) is 23.6 Å². The maximum absolute atomic E-state index is 11.5. The quantitative estimate of drug-likeness (QED) is 0.381. The molecule has 6 heteroatoms. The Labute approximate surface area is 191 Å². The number of hydrogen-bond donors (Lipinski definition) is 2. The number of nitrogens with zero attached hydrogens (tertiary/aromatic N) is 1. The van der Waals surface area contributed by atoms with Crippen LogP contribution in [0.5, 0.6) is 0 Å². The lowest BCUT2D eigenvalue weighted by Crippen LogP contribution is -2.39.